The largest absolute Gasteiger partial charge is 0.306 e. The van der Waals surface area contributed by atoms with Gasteiger partial charge in [0.05, 0.1) is 11.6 Å². The molecular weight excluding hydrogens is 398 g/mol. The summed E-state index contributed by atoms with van der Waals surface area (Å²) in [4.78, 5) is 29.5. The van der Waals surface area contributed by atoms with Gasteiger partial charge in [-0.1, -0.05) is 38.6 Å². The molecule has 0 saturated heterocycles. The lowest BCUT2D eigenvalue weighted by Crippen LogP contribution is -2.18. The molecule has 7 nitrogen and oxygen atoms in total. The predicted octanol–water partition coefficient (Wildman–Crippen LogP) is 4.59. The van der Waals surface area contributed by atoms with E-state index in [9.17, 15) is 9.59 Å². The number of thiazole rings is 1. The van der Waals surface area contributed by atoms with Crippen molar-refractivity contribution in [3.63, 3.8) is 0 Å². The number of carbonyl (C=O) groups excluding carboxylic acids is 2. The van der Waals surface area contributed by atoms with Crippen molar-refractivity contribution in [3.05, 3.63) is 65.7 Å². The van der Waals surface area contributed by atoms with E-state index in [2.05, 4.69) is 46.2 Å². The Morgan fingerprint density at radius 3 is 2.53 bits per heavy atom. The maximum Gasteiger partial charge on any atom is 0.248 e. The van der Waals surface area contributed by atoms with E-state index in [0.717, 1.165) is 16.0 Å². The zero-order valence-corrected chi connectivity index (χ0v) is 17.9. The number of amides is 2. The van der Waals surface area contributed by atoms with Gasteiger partial charge in [-0.15, -0.1) is 21.5 Å². The molecule has 2 amide bonds. The van der Waals surface area contributed by atoms with Crippen LogP contribution in [0.25, 0.3) is 11.3 Å². The van der Waals surface area contributed by atoms with Crippen LogP contribution in [0.2, 0.25) is 0 Å². The first-order valence-electron chi connectivity index (χ1n) is 9.51. The van der Waals surface area contributed by atoms with Crippen LogP contribution in [0, 0.1) is 0 Å². The molecule has 0 saturated carbocycles. The van der Waals surface area contributed by atoms with Gasteiger partial charge in [0.2, 0.25) is 11.8 Å². The molecule has 2 heterocycles. The van der Waals surface area contributed by atoms with Crippen LogP contribution in [-0.4, -0.2) is 27.0 Å². The van der Waals surface area contributed by atoms with E-state index in [0.29, 0.717) is 22.6 Å². The maximum absolute atomic E-state index is 12.7. The second kappa shape index (κ2) is 9.41. The first kappa shape index (κ1) is 21.3. The number of rotatable bonds is 7. The van der Waals surface area contributed by atoms with Crippen molar-refractivity contribution in [1.82, 2.24) is 15.2 Å². The molecule has 3 aromatic rings. The van der Waals surface area contributed by atoms with E-state index in [4.69, 9.17) is 0 Å². The SMILES string of the molecule is C=CC(=O)Nc1ccc(-c2cccc(C(C)C(=O)Nc3ncc(C(C)C)s3)c2)nn1. The van der Waals surface area contributed by atoms with Crippen molar-refractivity contribution in [2.75, 3.05) is 10.6 Å². The number of carbonyl (C=O) groups is 2. The molecule has 1 aromatic carbocycles. The van der Waals surface area contributed by atoms with Gasteiger partial charge in [0, 0.05) is 16.6 Å². The fourth-order valence-electron chi connectivity index (χ4n) is 2.67. The molecule has 154 valence electrons. The molecule has 30 heavy (non-hydrogen) atoms. The van der Waals surface area contributed by atoms with Gasteiger partial charge in [-0.05, 0) is 42.7 Å². The van der Waals surface area contributed by atoms with Crippen LogP contribution in [-0.2, 0) is 9.59 Å². The van der Waals surface area contributed by atoms with Crippen molar-refractivity contribution in [2.24, 2.45) is 0 Å². The summed E-state index contributed by atoms with van der Waals surface area (Å²) in [5.41, 5.74) is 2.33. The van der Waals surface area contributed by atoms with Crippen LogP contribution in [0.4, 0.5) is 10.9 Å². The molecule has 2 N–H and O–H groups in total. The first-order valence-corrected chi connectivity index (χ1v) is 10.3. The summed E-state index contributed by atoms with van der Waals surface area (Å²) in [6.45, 7) is 9.44. The van der Waals surface area contributed by atoms with Crippen molar-refractivity contribution < 1.29 is 9.59 Å². The average Bonchev–Trinajstić information content (AvgIpc) is 3.22. The summed E-state index contributed by atoms with van der Waals surface area (Å²) in [5, 5.41) is 14.2. The zero-order valence-electron chi connectivity index (χ0n) is 17.0. The third-order valence-electron chi connectivity index (χ3n) is 4.50. The van der Waals surface area contributed by atoms with Gasteiger partial charge in [-0.3, -0.25) is 9.59 Å². The molecule has 0 aliphatic heterocycles. The highest BCUT2D eigenvalue weighted by atomic mass is 32.1. The molecule has 8 heteroatoms. The number of anilines is 2. The Balaban J connectivity index is 1.72. The Kier molecular flexibility index (Phi) is 6.68. The summed E-state index contributed by atoms with van der Waals surface area (Å²) in [6.07, 6.45) is 2.97. The minimum Gasteiger partial charge on any atom is -0.306 e. The fourth-order valence-corrected chi connectivity index (χ4v) is 3.50. The number of nitrogens with zero attached hydrogens (tertiary/aromatic N) is 3. The fraction of sp³-hybridized carbons (Fsp3) is 0.227. The quantitative estimate of drug-likeness (QED) is 0.544. The maximum atomic E-state index is 12.7. The first-order chi connectivity index (χ1) is 14.4. The van der Waals surface area contributed by atoms with E-state index < -0.39 is 0 Å². The Morgan fingerprint density at radius 1 is 1.10 bits per heavy atom. The summed E-state index contributed by atoms with van der Waals surface area (Å²) < 4.78 is 0. The van der Waals surface area contributed by atoms with Crippen LogP contribution in [0.3, 0.4) is 0 Å². The highest BCUT2D eigenvalue weighted by Crippen LogP contribution is 2.27. The number of aromatic nitrogens is 3. The second-order valence-corrected chi connectivity index (χ2v) is 8.12. The lowest BCUT2D eigenvalue weighted by Gasteiger charge is -2.12. The Morgan fingerprint density at radius 2 is 1.90 bits per heavy atom. The van der Waals surface area contributed by atoms with E-state index in [1.165, 1.54) is 17.4 Å². The minimum absolute atomic E-state index is 0.120. The van der Waals surface area contributed by atoms with Crippen LogP contribution in [0.15, 0.2) is 55.3 Å². The molecule has 2 aromatic heterocycles. The summed E-state index contributed by atoms with van der Waals surface area (Å²) in [6, 6.07) is 11.0. The average molecular weight is 422 g/mol. The van der Waals surface area contributed by atoms with Crippen molar-refractivity contribution in [2.45, 2.75) is 32.6 Å². The molecule has 0 aliphatic rings. The lowest BCUT2D eigenvalue weighted by atomic mass is 9.97. The molecule has 0 fully saturated rings. The van der Waals surface area contributed by atoms with Crippen molar-refractivity contribution in [1.29, 1.82) is 0 Å². The van der Waals surface area contributed by atoms with Gasteiger partial charge in [-0.2, -0.15) is 0 Å². The second-order valence-electron chi connectivity index (χ2n) is 7.06. The summed E-state index contributed by atoms with van der Waals surface area (Å²) in [7, 11) is 0. The van der Waals surface area contributed by atoms with Crippen molar-refractivity contribution in [3.8, 4) is 11.3 Å². The van der Waals surface area contributed by atoms with Gasteiger partial charge in [0.25, 0.3) is 0 Å². The number of benzene rings is 1. The van der Waals surface area contributed by atoms with E-state index in [-0.39, 0.29) is 17.7 Å². The Labute approximate surface area is 179 Å². The predicted molar refractivity (Wildman–Crippen MR) is 120 cm³/mol. The third-order valence-corrected chi connectivity index (χ3v) is 5.71. The van der Waals surface area contributed by atoms with E-state index >= 15 is 0 Å². The van der Waals surface area contributed by atoms with E-state index in [1.807, 2.05) is 31.2 Å². The van der Waals surface area contributed by atoms with Gasteiger partial charge in [-0.25, -0.2) is 4.98 Å². The number of nitrogens with one attached hydrogen (secondary N) is 2. The smallest absolute Gasteiger partial charge is 0.248 e. The molecule has 0 radical (unpaired) electrons. The molecule has 0 bridgehead atoms. The van der Waals surface area contributed by atoms with Gasteiger partial charge < -0.3 is 10.6 Å². The monoisotopic (exact) mass is 421 g/mol. The van der Waals surface area contributed by atoms with Crippen LogP contribution in [0.1, 0.15) is 43.0 Å². The number of hydrogen-bond donors (Lipinski definition) is 2. The minimum atomic E-state index is -0.365. The third kappa shape index (κ3) is 5.15. The topological polar surface area (TPSA) is 96.9 Å². The Bertz CT molecular complexity index is 1060. The lowest BCUT2D eigenvalue weighted by molar-refractivity contribution is -0.117. The highest BCUT2D eigenvalue weighted by Gasteiger charge is 2.18. The zero-order chi connectivity index (χ0) is 21.7. The van der Waals surface area contributed by atoms with E-state index in [1.54, 1.807) is 18.3 Å². The summed E-state index contributed by atoms with van der Waals surface area (Å²) >= 11 is 1.49. The van der Waals surface area contributed by atoms with Gasteiger partial charge in [0.15, 0.2) is 10.9 Å². The van der Waals surface area contributed by atoms with Crippen molar-refractivity contribution >= 4 is 34.1 Å². The Hall–Kier alpha value is -3.39. The van der Waals surface area contributed by atoms with Crippen LogP contribution < -0.4 is 10.6 Å². The molecule has 1 unspecified atom stereocenters. The molecule has 0 spiro atoms. The normalized spacial score (nSPS) is 11.7. The molecule has 0 aliphatic carbocycles. The summed E-state index contributed by atoms with van der Waals surface area (Å²) in [5.74, 6) is -0.114. The standard InChI is InChI=1S/C22H23N5O2S/c1-5-20(28)24-19-10-9-17(26-27-19)16-8-6-7-15(11-16)14(4)21(29)25-22-23-12-18(30-22)13(2)3/h5-14H,1H2,2-4H3,(H,23,25,29)(H,24,27,28). The van der Waals surface area contributed by atoms with Gasteiger partial charge in [0.1, 0.15) is 0 Å². The highest BCUT2D eigenvalue weighted by molar-refractivity contribution is 7.15. The van der Waals surface area contributed by atoms with Crippen LogP contribution >= 0.6 is 11.3 Å². The number of hydrogen-bond acceptors (Lipinski definition) is 6. The van der Waals surface area contributed by atoms with Crippen LogP contribution in [0.5, 0.6) is 0 Å². The van der Waals surface area contributed by atoms with Gasteiger partial charge >= 0.3 is 0 Å². The molecular formula is C22H23N5O2S. The molecule has 3 rings (SSSR count). The molecule has 1 atom stereocenters.